The molecule has 2 heterocycles. The first kappa shape index (κ1) is 18.5. The molecule has 26 heavy (non-hydrogen) atoms. The molecule has 0 radical (unpaired) electrons. The number of aromatic nitrogens is 2. The Kier molecular flexibility index (Phi) is 5.96. The molecule has 0 bridgehead atoms. The molecule has 0 aliphatic carbocycles. The van der Waals surface area contributed by atoms with Crippen LogP contribution in [0.5, 0.6) is 0 Å². The number of hydrogen-bond donors (Lipinski definition) is 1. The van der Waals surface area contributed by atoms with E-state index in [1.807, 2.05) is 35.7 Å². The number of halogens is 1. The summed E-state index contributed by atoms with van der Waals surface area (Å²) in [5.74, 6) is -0.102. The standard InChI is InChI=1S/C19H21ClN4OS/c1-3-23(4-2)17-7-5-16(6-8-17)22-19(25)18-9-14(13-26-18)11-24-12-15(20)10-21-24/h5-10,12-13H,3-4,11H2,1-2H3,(H,22,25). The van der Waals surface area contributed by atoms with E-state index in [0.717, 1.165) is 30.0 Å². The Labute approximate surface area is 162 Å². The topological polar surface area (TPSA) is 50.2 Å². The molecule has 0 saturated heterocycles. The monoisotopic (exact) mass is 388 g/mol. The predicted octanol–water partition coefficient (Wildman–Crippen LogP) is 4.74. The highest BCUT2D eigenvalue weighted by atomic mass is 35.5. The molecule has 0 aliphatic rings. The fraction of sp³-hybridized carbons (Fsp3) is 0.263. The van der Waals surface area contributed by atoms with E-state index in [0.29, 0.717) is 16.4 Å². The zero-order chi connectivity index (χ0) is 18.5. The largest absolute Gasteiger partial charge is 0.372 e. The molecule has 1 amide bonds. The Bertz CT molecular complexity index is 868. The van der Waals surface area contributed by atoms with Gasteiger partial charge in [0.05, 0.1) is 22.6 Å². The lowest BCUT2D eigenvalue weighted by molar-refractivity contribution is 0.103. The zero-order valence-corrected chi connectivity index (χ0v) is 16.3. The first-order valence-electron chi connectivity index (χ1n) is 8.50. The molecule has 0 atom stereocenters. The summed E-state index contributed by atoms with van der Waals surface area (Å²) in [5, 5.41) is 9.67. The summed E-state index contributed by atoms with van der Waals surface area (Å²) >= 11 is 7.30. The van der Waals surface area contributed by atoms with Crippen LogP contribution in [-0.2, 0) is 6.54 Å². The van der Waals surface area contributed by atoms with Crippen molar-refractivity contribution < 1.29 is 4.79 Å². The molecule has 1 aromatic carbocycles. The summed E-state index contributed by atoms with van der Waals surface area (Å²) in [5.41, 5.74) is 2.97. The van der Waals surface area contributed by atoms with Crippen molar-refractivity contribution in [3.63, 3.8) is 0 Å². The van der Waals surface area contributed by atoms with Crippen molar-refractivity contribution in [1.29, 1.82) is 0 Å². The summed E-state index contributed by atoms with van der Waals surface area (Å²) in [7, 11) is 0. The van der Waals surface area contributed by atoms with Gasteiger partial charge in [-0.2, -0.15) is 5.10 Å². The molecule has 5 nitrogen and oxygen atoms in total. The number of carbonyl (C=O) groups is 1. The smallest absolute Gasteiger partial charge is 0.265 e. The number of rotatable bonds is 7. The maximum Gasteiger partial charge on any atom is 0.265 e. The van der Waals surface area contributed by atoms with Crippen LogP contribution in [0, 0.1) is 0 Å². The van der Waals surface area contributed by atoms with Crippen LogP contribution in [0.15, 0.2) is 48.1 Å². The molecule has 1 N–H and O–H groups in total. The van der Waals surface area contributed by atoms with Crippen LogP contribution in [0.4, 0.5) is 11.4 Å². The molecule has 136 valence electrons. The second kappa shape index (κ2) is 8.38. The van der Waals surface area contributed by atoms with E-state index in [2.05, 4.69) is 29.2 Å². The SMILES string of the molecule is CCN(CC)c1ccc(NC(=O)c2cc(Cn3cc(Cl)cn3)cs2)cc1. The van der Waals surface area contributed by atoms with Crippen molar-refractivity contribution in [1.82, 2.24) is 9.78 Å². The second-order valence-corrected chi connectivity index (χ2v) is 7.20. The third-order valence-corrected chi connectivity index (χ3v) is 5.25. The highest BCUT2D eigenvalue weighted by Gasteiger charge is 2.11. The lowest BCUT2D eigenvalue weighted by atomic mass is 10.2. The Morgan fingerprint density at radius 3 is 2.62 bits per heavy atom. The minimum atomic E-state index is -0.102. The fourth-order valence-corrected chi connectivity index (χ4v) is 3.68. The van der Waals surface area contributed by atoms with Gasteiger partial charge < -0.3 is 10.2 Å². The van der Waals surface area contributed by atoms with Gasteiger partial charge in [-0.05, 0) is 55.1 Å². The van der Waals surface area contributed by atoms with Gasteiger partial charge in [-0.15, -0.1) is 11.3 Å². The van der Waals surface area contributed by atoms with Crippen molar-refractivity contribution >= 4 is 40.2 Å². The van der Waals surface area contributed by atoms with Crippen LogP contribution >= 0.6 is 22.9 Å². The Hall–Kier alpha value is -2.31. The zero-order valence-electron chi connectivity index (χ0n) is 14.8. The maximum atomic E-state index is 12.5. The molecular weight excluding hydrogens is 368 g/mol. The second-order valence-electron chi connectivity index (χ2n) is 5.85. The minimum Gasteiger partial charge on any atom is -0.372 e. The lowest BCUT2D eigenvalue weighted by Gasteiger charge is -2.21. The number of nitrogens with one attached hydrogen (secondary N) is 1. The number of anilines is 2. The van der Waals surface area contributed by atoms with E-state index in [4.69, 9.17) is 11.6 Å². The quantitative estimate of drug-likeness (QED) is 0.635. The first-order valence-corrected chi connectivity index (χ1v) is 9.76. The van der Waals surface area contributed by atoms with Gasteiger partial charge in [-0.3, -0.25) is 9.48 Å². The molecule has 0 unspecified atom stereocenters. The summed E-state index contributed by atoms with van der Waals surface area (Å²) in [6.07, 6.45) is 3.36. The molecule has 2 aromatic heterocycles. The minimum absolute atomic E-state index is 0.102. The number of thiophene rings is 1. The van der Waals surface area contributed by atoms with Gasteiger partial charge in [0.15, 0.2) is 0 Å². The van der Waals surface area contributed by atoms with E-state index in [1.165, 1.54) is 11.3 Å². The van der Waals surface area contributed by atoms with Crippen LogP contribution < -0.4 is 10.2 Å². The Morgan fingerprint density at radius 2 is 2.00 bits per heavy atom. The molecule has 7 heteroatoms. The average Bonchev–Trinajstić information content (AvgIpc) is 3.27. The Balaban J connectivity index is 1.63. The molecule has 0 aliphatic heterocycles. The number of carbonyl (C=O) groups excluding carboxylic acids is 1. The number of nitrogens with zero attached hydrogens (tertiary/aromatic N) is 3. The van der Waals surface area contributed by atoms with Gasteiger partial charge in [0.2, 0.25) is 0 Å². The summed E-state index contributed by atoms with van der Waals surface area (Å²) in [4.78, 5) is 15.4. The van der Waals surface area contributed by atoms with Gasteiger partial charge in [-0.25, -0.2) is 0 Å². The Morgan fingerprint density at radius 1 is 1.27 bits per heavy atom. The van der Waals surface area contributed by atoms with Crippen LogP contribution in [0.1, 0.15) is 29.1 Å². The summed E-state index contributed by atoms with van der Waals surface area (Å²) in [6.45, 7) is 6.77. The highest BCUT2D eigenvalue weighted by Crippen LogP contribution is 2.21. The molecular formula is C19H21ClN4OS. The highest BCUT2D eigenvalue weighted by molar-refractivity contribution is 7.12. The van der Waals surface area contributed by atoms with Crippen molar-refractivity contribution in [2.75, 3.05) is 23.3 Å². The van der Waals surface area contributed by atoms with Crippen molar-refractivity contribution in [3.8, 4) is 0 Å². The molecule has 3 rings (SSSR count). The number of benzene rings is 1. The van der Waals surface area contributed by atoms with Gasteiger partial charge in [0, 0.05) is 30.7 Å². The normalized spacial score (nSPS) is 10.7. The van der Waals surface area contributed by atoms with Crippen molar-refractivity contribution in [2.24, 2.45) is 0 Å². The summed E-state index contributed by atoms with van der Waals surface area (Å²) in [6, 6.07) is 9.82. The third-order valence-electron chi connectivity index (χ3n) is 4.08. The van der Waals surface area contributed by atoms with Crippen LogP contribution in [0.25, 0.3) is 0 Å². The third kappa shape index (κ3) is 4.45. The van der Waals surface area contributed by atoms with E-state index >= 15 is 0 Å². The van der Waals surface area contributed by atoms with Gasteiger partial charge in [-0.1, -0.05) is 11.6 Å². The van der Waals surface area contributed by atoms with E-state index in [-0.39, 0.29) is 5.91 Å². The van der Waals surface area contributed by atoms with Crippen molar-refractivity contribution in [2.45, 2.75) is 20.4 Å². The van der Waals surface area contributed by atoms with Gasteiger partial charge in [0.1, 0.15) is 0 Å². The molecule has 0 fully saturated rings. The molecule has 3 aromatic rings. The van der Waals surface area contributed by atoms with E-state index in [9.17, 15) is 4.79 Å². The van der Waals surface area contributed by atoms with Gasteiger partial charge in [0.25, 0.3) is 5.91 Å². The molecule has 0 saturated carbocycles. The maximum absolute atomic E-state index is 12.5. The number of hydrogen-bond acceptors (Lipinski definition) is 4. The van der Waals surface area contributed by atoms with Crippen LogP contribution in [-0.4, -0.2) is 28.8 Å². The average molecular weight is 389 g/mol. The number of amides is 1. The van der Waals surface area contributed by atoms with Crippen molar-refractivity contribution in [3.05, 3.63) is 63.6 Å². The van der Waals surface area contributed by atoms with Crippen LogP contribution in [0.3, 0.4) is 0 Å². The lowest BCUT2D eigenvalue weighted by Crippen LogP contribution is -2.21. The first-order chi connectivity index (χ1) is 12.6. The fourth-order valence-electron chi connectivity index (χ4n) is 2.73. The van der Waals surface area contributed by atoms with E-state index < -0.39 is 0 Å². The van der Waals surface area contributed by atoms with Crippen LogP contribution in [0.2, 0.25) is 5.02 Å². The molecule has 0 spiro atoms. The predicted molar refractivity (Wildman–Crippen MR) is 109 cm³/mol. The van der Waals surface area contributed by atoms with E-state index in [1.54, 1.807) is 17.1 Å². The summed E-state index contributed by atoms with van der Waals surface area (Å²) < 4.78 is 1.75. The van der Waals surface area contributed by atoms with Gasteiger partial charge >= 0.3 is 0 Å².